The molecule has 0 aromatic heterocycles. The molecular weight excluding hydrogens is 196 g/mol. The van der Waals surface area contributed by atoms with E-state index in [1.807, 2.05) is 0 Å². The third kappa shape index (κ3) is 2.16. The quantitative estimate of drug-likeness (QED) is 0.513. The van der Waals surface area contributed by atoms with Gasteiger partial charge in [0.2, 0.25) is 0 Å². The van der Waals surface area contributed by atoms with Gasteiger partial charge in [0.15, 0.2) is 11.1 Å². The number of carbonyl (C=O) groups excluding carboxylic acids is 1. The minimum atomic E-state index is -2.24. The Morgan fingerprint density at radius 2 is 2.46 bits per heavy atom. The van der Waals surface area contributed by atoms with Gasteiger partial charge in [-0.3, -0.25) is 0 Å². The second kappa shape index (κ2) is 4.20. The standard InChI is InChI=1S/C7H8O5S/c1-11-7(8)5-2-3-12-4-6(5)13(9)10/h2,4H,3H2,1H3,(H,9,10). The highest BCUT2D eigenvalue weighted by molar-refractivity contribution is 7.83. The molecule has 0 aromatic carbocycles. The first-order valence-electron chi connectivity index (χ1n) is 3.38. The van der Waals surface area contributed by atoms with Crippen LogP contribution in [0.5, 0.6) is 0 Å². The fourth-order valence-electron chi connectivity index (χ4n) is 0.848. The van der Waals surface area contributed by atoms with E-state index >= 15 is 0 Å². The number of carbonyl (C=O) groups is 1. The molecule has 1 heterocycles. The van der Waals surface area contributed by atoms with Gasteiger partial charge in [-0.05, 0) is 6.08 Å². The van der Waals surface area contributed by atoms with Crippen molar-refractivity contribution in [1.29, 1.82) is 0 Å². The van der Waals surface area contributed by atoms with Crippen LogP contribution < -0.4 is 0 Å². The van der Waals surface area contributed by atoms with E-state index in [4.69, 9.17) is 9.29 Å². The smallest absolute Gasteiger partial charge is 0.339 e. The summed E-state index contributed by atoms with van der Waals surface area (Å²) in [6.07, 6.45) is 2.48. The van der Waals surface area contributed by atoms with Gasteiger partial charge < -0.3 is 14.0 Å². The molecule has 1 atom stereocenters. The predicted octanol–water partition coefficient (Wildman–Crippen LogP) is 0.179. The lowest BCUT2D eigenvalue weighted by atomic mass is 10.2. The topological polar surface area (TPSA) is 72.8 Å². The van der Waals surface area contributed by atoms with E-state index in [0.717, 1.165) is 6.26 Å². The average molecular weight is 204 g/mol. The first kappa shape index (κ1) is 9.94. The Hall–Kier alpha value is -1.14. The minimum Gasteiger partial charge on any atom is -0.496 e. The lowest BCUT2D eigenvalue weighted by Gasteiger charge is -2.11. The maximum absolute atomic E-state index is 11.0. The fraction of sp³-hybridized carbons (Fsp3) is 0.286. The summed E-state index contributed by atoms with van der Waals surface area (Å²) < 4.78 is 28.7. The lowest BCUT2D eigenvalue weighted by Crippen LogP contribution is -2.14. The number of ether oxygens (including phenoxy) is 2. The van der Waals surface area contributed by atoms with Crippen LogP contribution in [-0.4, -0.2) is 28.4 Å². The zero-order valence-electron chi connectivity index (χ0n) is 6.85. The summed E-state index contributed by atoms with van der Waals surface area (Å²) in [6.45, 7) is 0.200. The van der Waals surface area contributed by atoms with Crippen LogP contribution in [0, 0.1) is 0 Å². The highest BCUT2D eigenvalue weighted by Gasteiger charge is 2.22. The van der Waals surface area contributed by atoms with E-state index < -0.39 is 17.0 Å². The molecule has 1 aliphatic heterocycles. The molecule has 0 saturated heterocycles. The Labute approximate surface area is 77.3 Å². The summed E-state index contributed by atoms with van der Waals surface area (Å²) in [4.78, 5) is 11.0. The average Bonchev–Trinajstić information content (AvgIpc) is 2.16. The molecule has 0 aromatic rings. The molecule has 1 unspecified atom stereocenters. The number of esters is 1. The second-order valence-electron chi connectivity index (χ2n) is 2.17. The minimum absolute atomic E-state index is 0.0712. The van der Waals surface area contributed by atoms with Crippen molar-refractivity contribution in [3.8, 4) is 0 Å². The summed E-state index contributed by atoms with van der Waals surface area (Å²) in [5.74, 6) is -0.642. The van der Waals surface area contributed by atoms with Crippen molar-refractivity contribution in [2.75, 3.05) is 13.7 Å². The van der Waals surface area contributed by atoms with Crippen molar-refractivity contribution in [3.63, 3.8) is 0 Å². The molecular formula is C7H8O5S. The molecule has 0 fully saturated rings. The summed E-state index contributed by atoms with van der Waals surface area (Å²) >= 11 is -2.24. The van der Waals surface area contributed by atoms with Gasteiger partial charge >= 0.3 is 5.97 Å². The van der Waals surface area contributed by atoms with E-state index in [2.05, 4.69) is 4.74 Å². The van der Waals surface area contributed by atoms with Crippen LogP contribution >= 0.6 is 0 Å². The van der Waals surface area contributed by atoms with Crippen LogP contribution in [-0.2, 0) is 25.3 Å². The third-order valence-corrected chi connectivity index (χ3v) is 2.13. The predicted molar refractivity (Wildman–Crippen MR) is 44.9 cm³/mol. The molecule has 5 nitrogen and oxygen atoms in total. The molecule has 0 radical (unpaired) electrons. The zero-order chi connectivity index (χ0) is 9.84. The fourth-order valence-corrected chi connectivity index (χ4v) is 1.35. The van der Waals surface area contributed by atoms with Gasteiger partial charge in [0.1, 0.15) is 17.8 Å². The number of hydrogen-bond donors (Lipinski definition) is 1. The van der Waals surface area contributed by atoms with Crippen LogP contribution in [0.15, 0.2) is 22.8 Å². The molecule has 1 rings (SSSR count). The van der Waals surface area contributed by atoms with E-state index in [1.54, 1.807) is 0 Å². The Morgan fingerprint density at radius 3 is 3.00 bits per heavy atom. The molecule has 1 aliphatic rings. The molecule has 1 N–H and O–H groups in total. The zero-order valence-corrected chi connectivity index (χ0v) is 7.67. The molecule has 72 valence electrons. The summed E-state index contributed by atoms with van der Waals surface area (Å²) in [7, 11) is 1.20. The molecule has 0 spiro atoms. The SMILES string of the molecule is COC(=O)C1=CCOC=C1S(=O)O. The molecule has 13 heavy (non-hydrogen) atoms. The summed E-state index contributed by atoms with van der Waals surface area (Å²) in [5, 5.41) is 0. The van der Waals surface area contributed by atoms with Gasteiger partial charge in [-0.2, -0.15) is 0 Å². The Kier molecular flexibility index (Phi) is 3.21. The first-order chi connectivity index (χ1) is 6.16. The second-order valence-corrected chi connectivity index (χ2v) is 3.11. The van der Waals surface area contributed by atoms with Crippen molar-refractivity contribution in [2.45, 2.75) is 0 Å². The van der Waals surface area contributed by atoms with Gasteiger partial charge in [-0.1, -0.05) is 0 Å². The Morgan fingerprint density at radius 1 is 1.77 bits per heavy atom. The van der Waals surface area contributed by atoms with Crippen molar-refractivity contribution in [1.82, 2.24) is 0 Å². The van der Waals surface area contributed by atoms with Crippen molar-refractivity contribution in [3.05, 3.63) is 22.8 Å². The number of methoxy groups -OCH3 is 1. The van der Waals surface area contributed by atoms with E-state index in [0.29, 0.717) is 0 Å². The van der Waals surface area contributed by atoms with E-state index in [1.165, 1.54) is 13.2 Å². The molecule has 6 heteroatoms. The van der Waals surface area contributed by atoms with Crippen molar-refractivity contribution in [2.24, 2.45) is 0 Å². The van der Waals surface area contributed by atoms with Gasteiger partial charge in [0.05, 0.1) is 12.7 Å². The van der Waals surface area contributed by atoms with Crippen LogP contribution in [0.3, 0.4) is 0 Å². The monoisotopic (exact) mass is 204 g/mol. The largest absolute Gasteiger partial charge is 0.496 e. The van der Waals surface area contributed by atoms with Gasteiger partial charge in [0.25, 0.3) is 0 Å². The molecule has 0 aliphatic carbocycles. The van der Waals surface area contributed by atoms with E-state index in [-0.39, 0.29) is 17.1 Å². The van der Waals surface area contributed by atoms with E-state index in [9.17, 15) is 9.00 Å². The van der Waals surface area contributed by atoms with Crippen LogP contribution in [0.25, 0.3) is 0 Å². The van der Waals surface area contributed by atoms with Crippen molar-refractivity contribution < 1.29 is 23.0 Å². The highest BCUT2D eigenvalue weighted by Crippen LogP contribution is 2.18. The molecule has 0 amide bonds. The highest BCUT2D eigenvalue weighted by atomic mass is 32.2. The summed E-state index contributed by atoms with van der Waals surface area (Å²) in [5.41, 5.74) is 0.0783. The lowest BCUT2D eigenvalue weighted by molar-refractivity contribution is -0.135. The Balaban J connectivity index is 2.94. The van der Waals surface area contributed by atoms with Crippen LogP contribution in [0.4, 0.5) is 0 Å². The normalized spacial score (nSPS) is 18.0. The molecule has 0 saturated carbocycles. The first-order valence-corrected chi connectivity index (χ1v) is 4.49. The third-order valence-electron chi connectivity index (χ3n) is 1.43. The maximum Gasteiger partial charge on any atom is 0.339 e. The summed E-state index contributed by atoms with van der Waals surface area (Å²) in [6, 6.07) is 0. The van der Waals surface area contributed by atoms with Gasteiger partial charge in [-0.25, -0.2) is 9.00 Å². The molecule has 0 bridgehead atoms. The Bertz CT molecular complexity index is 304. The van der Waals surface area contributed by atoms with Crippen LogP contribution in [0.2, 0.25) is 0 Å². The van der Waals surface area contributed by atoms with Crippen LogP contribution in [0.1, 0.15) is 0 Å². The number of rotatable bonds is 2. The van der Waals surface area contributed by atoms with Gasteiger partial charge in [-0.15, -0.1) is 0 Å². The van der Waals surface area contributed by atoms with Crippen molar-refractivity contribution >= 4 is 17.0 Å². The maximum atomic E-state index is 11.0. The number of hydrogen-bond acceptors (Lipinski definition) is 4. The van der Waals surface area contributed by atoms with Gasteiger partial charge in [0, 0.05) is 0 Å².